The summed E-state index contributed by atoms with van der Waals surface area (Å²) in [5, 5.41) is 13.7. The van der Waals surface area contributed by atoms with E-state index in [1.807, 2.05) is 0 Å². The SMILES string of the molecule is CCn1c2ccccc2c2cccc(N(c3ccccc3)c3ccc4cc5c(cc4c3)oc3c5ccc4oc5cc6cc(N(c7ccccc7)c7cccc8c9ccccc9n(CC)c78)ccc6cc5c43)c21. The molecule has 0 aliphatic carbocycles. The van der Waals surface area contributed by atoms with Crippen LogP contribution < -0.4 is 9.80 Å². The number of anilines is 6. The topological polar surface area (TPSA) is 42.6 Å². The van der Waals surface area contributed by atoms with E-state index in [-0.39, 0.29) is 0 Å². The molecule has 15 aromatic rings. The molecule has 0 fully saturated rings. The van der Waals surface area contributed by atoms with Crippen LogP contribution in [0.1, 0.15) is 13.8 Å². The minimum absolute atomic E-state index is 0.807. The Hall–Kier alpha value is -9.26. The number of nitrogens with zero attached hydrogens (tertiary/aromatic N) is 4. The van der Waals surface area contributed by atoms with Crippen molar-refractivity contribution in [2.24, 2.45) is 0 Å². The van der Waals surface area contributed by atoms with Gasteiger partial charge in [0.25, 0.3) is 0 Å². The molecule has 342 valence electrons. The van der Waals surface area contributed by atoms with Crippen LogP contribution in [0.2, 0.25) is 0 Å². The second-order valence-corrected chi connectivity index (χ2v) is 19.0. The number of hydrogen-bond donors (Lipinski definition) is 0. The molecule has 11 aromatic carbocycles. The van der Waals surface area contributed by atoms with Crippen LogP contribution in [0.5, 0.6) is 0 Å². The second-order valence-electron chi connectivity index (χ2n) is 19.0. The summed E-state index contributed by atoms with van der Waals surface area (Å²) in [6, 6.07) is 79.1. The maximum atomic E-state index is 6.98. The van der Waals surface area contributed by atoms with Gasteiger partial charge in [0.05, 0.1) is 27.8 Å². The van der Waals surface area contributed by atoms with Crippen molar-refractivity contribution in [3.05, 3.63) is 218 Å². The zero-order valence-electron chi connectivity index (χ0n) is 39.8. The summed E-state index contributed by atoms with van der Waals surface area (Å²) in [5.41, 5.74) is 14.9. The van der Waals surface area contributed by atoms with Crippen molar-refractivity contribution >= 4 is 143 Å². The standard InChI is InChI=1S/C66H46N4O2/c1-3-67-56-25-13-11-21-49(56)51-23-15-27-58(64(51)67)69(45-17-7-5-8-18-45)47-31-29-41-37-54-53-33-34-60-63(66(53)72-61(54)39-43(41)35-47)55-38-42-30-32-48(36-44(42)40-62(55)71-60)70(46-19-9-6-10-20-46)59-28-16-24-52-50-22-12-14-26-57(50)68(4-2)65(52)59/h5-40H,3-4H2,1-2H3. The van der Waals surface area contributed by atoms with Gasteiger partial charge in [-0.05, 0) is 145 Å². The molecule has 0 bridgehead atoms. The van der Waals surface area contributed by atoms with Crippen molar-refractivity contribution in [2.75, 3.05) is 9.80 Å². The van der Waals surface area contributed by atoms with Crippen LogP contribution in [0.4, 0.5) is 34.1 Å². The molecule has 0 atom stereocenters. The highest BCUT2D eigenvalue weighted by atomic mass is 16.3. The van der Waals surface area contributed by atoms with E-state index in [0.717, 1.165) is 113 Å². The molecule has 0 unspecified atom stereocenters. The Morgan fingerprint density at radius 3 is 1.36 bits per heavy atom. The van der Waals surface area contributed by atoms with Gasteiger partial charge in [0.1, 0.15) is 22.3 Å². The van der Waals surface area contributed by atoms with Gasteiger partial charge in [0.2, 0.25) is 0 Å². The lowest BCUT2D eigenvalue weighted by Crippen LogP contribution is -2.11. The fraction of sp³-hybridized carbons (Fsp3) is 0.0606. The third-order valence-corrected chi connectivity index (χ3v) is 15.2. The van der Waals surface area contributed by atoms with Crippen LogP contribution >= 0.6 is 0 Å². The minimum atomic E-state index is 0.807. The summed E-state index contributed by atoms with van der Waals surface area (Å²) in [6.45, 7) is 6.19. The second kappa shape index (κ2) is 15.6. The molecule has 4 aromatic heterocycles. The fourth-order valence-electron chi connectivity index (χ4n) is 12.0. The molecular weight excluding hydrogens is 881 g/mol. The molecule has 0 N–H and O–H groups in total. The van der Waals surface area contributed by atoms with E-state index in [1.54, 1.807) is 0 Å². The van der Waals surface area contributed by atoms with Crippen LogP contribution in [0.25, 0.3) is 109 Å². The maximum Gasteiger partial charge on any atom is 0.147 e. The number of para-hydroxylation sites is 6. The van der Waals surface area contributed by atoms with E-state index in [0.29, 0.717) is 0 Å². The van der Waals surface area contributed by atoms with Gasteiger partial charge in [-0.2, -0.15) is 0 Å². The van der Waals surface area contributed by atoms with E-state index in [1.165, 1.54) is 43.6 Å². The van der Waals surface area contributed by atoms with Gasteiger partial charge < -0.3 is 27.8 Å². The lowest BCUT2D eigenvalue weighted by molar-refractivity contribution is 0.663. The third-order valence-electron chi connectivity index (χ3n) is 15.2. The fourth-order valence-corrected chi connectivity index (χ4v) is 12.0. The number of fused-ring (bicyclic) bond motifs is 15. The number of hydrogen-bond acceptors (Lipinski definition) is 4. The highest BCUT2D eigenvalue weighted by Gasteiger charge is 2.24. The molecule has 0 aliphatic rings. The van der Waals surface area contributed by atoms with Crippen molar-refractivity contribution in [2.45, 2.75) is 26.9 Å². The average molecular weight is 927 g/mol. The lowest BCUT2D eigenvalue weighted by Gasteiger charge is -2.27. The van der Waals surface area contributed by atoms with Crippen molar-refractivity contribution in [3.8, 4) is 0 Å². The largest absolute Gasteiger partial charge is 0.456 e. The predicted octanol–water partition coefficient (Wildman–Crippen LogP) is 19.0. The van der Waals surface area contributed by atoms with Gasteiger partial charge in [-0.25, -0.2) is 0 Å². The van der Waals surface area contributed by atoms with Crippen molar-refractivity contribution in [1.29, 1.82) is 0 Å². The monoisotopic (exact) mass is 926 g/mol. The Morgan fingerprint density at radius 2 is 0.819 bits per heavy atom. The zero-order chi connectivity index (χ0) is 47.6. The van der Waals surface area contributed by atoms with Gasteiger partial charge in [0, 0.05) is 84.6 Å². The zero-order valence-corrected chi connectivity index (χ0v) is 39.8. The molecule has 0 saturated heterocycles. The first-order valence-electron chi connectivity index (χ1n) is 25.0. The Morgan fingerprint density at radius 1 is 0.333 bits per heavy atom. The molecule has 4 heterocycles. The maximum absolute atomic E-state index is 6.98. The van der Waals surface area contributed by atoms with E-state index < -0.39 is 0 Å². The molecule has 6 heteroatoms. The van der Waals surface area contributed by atoms with Crippen LogP contribution in [0.3, 0.4) is 0 Å². The molecule has 0 aliphatic heterocycles. The van der Waals surface area contributed by atoms with Crippen molar-refractivity contribution in [3.63, 3.8) is 0 Å². The van der Waals surface area contributed by atoms with E-state index in [9.17, 15) is 0 Å². The van der Waals surface area contributed by atoms with Gasteiger partial charge in [0.15, 0.2) is 0 Å². The Balaban J connectivity index is 0.867. The van der Waals surface area contributed by atoms with Gasteiger partial charge in [-0.15, -0.1) is 0 Å². The molecule has 6 nitrogen and oxygen atoms in total. The first-order valence-corrected chi connectivity index (χ1v) is 25.0. The van der Waals surface area contributed by atoms with Crippen LogP contribution in [0, 0.1) is 0 Å². The summed E-state index contributed by atoms with van der Waals surface area (Å²) in [5.74, 6) is 0. The van der Waals surface area contributed by atoms with Crippen LogP contribution in [-0.2, 0) is 13.1 Å². The third kappa shape index (κ3) is 5.90. The summed E-state index contributed by atoms with van der Waals surface area (Å²) in [4.78, 5) is 4.79. The van der Waals surface area contributed by atoms with Gasteiger partial charge in [-0.1, -0.05) is 109 Å². The molecule has 72 heavy (non-hydrogen) atoms. The molecule has 15 rings (SSSR count). The highest BCUT2D eigenvalue weighted by molar-refractivity contribution is 6.24. The van der Waals surface area contributed by atoms with E-state index in [4.69, 9.17) is 8.83 Å². The van der Waals surface area contributed by atoms with E-state index in [2.05, 4.69) is 251 Å². The summed E-state index contributed by atoms with van der Waals surface area (Å²) in [7, 11) is 0. The summed E-state index contributed by atoms with van der Waals surface area (Å²) >= 11 is 0. The summed E-state index contributed by atoms with van der Waals surface area (Å²) in [6.07, 6.45) is 0. The number of rotatable bonds is 8. The van der Waals surface area contributed by atoms with Crippen molar-refractivity contribution in [1.82, 2.24) is 9.13 Å². The molecule has 0 amide bonds. The first-order chi connectivity index (χ1) is 35.6. The quantitative estimate of drug-likeness (QED) is 0.152. The summed E-state index contributed by atoms with van der Waals surface area (Å²) < 4.78 is 18.6. The van der Waals surface area contributed by atoms with Crippen molar-refractivity contribution < 1.29 is 8.83 Å². The van der Waals surface area contributed by atoms with E-state index >= 15 is 0 Å². The number of aryl methyl sites for hydroxylation is 2. The number of benzene rings is 11. The molecular formula is C66H46N4O2. The lowest BCUT2D eigenvalue weighted by atomic mass is 10.0. The first kappa shape index (κ1) is 40.6. The Bertz CT molecular complexity index is 4670. The minimum Gasteiger partial charge on any atom is -0.456 e. The molecule has 0 spiro atoms. The smallest absolute Gasteiger partial charge is 0.147 e. The highest BCUT2D eigenvalue weighted by Crippen LogP contribution is 2.47. The van der Waals surface area contributed by atoms with Gasteiger partial charge >= 0.3 is 0 Å². The average Bonchev–Trinajstić information content (AvgIpc) is 4.18. The number of aromatic nitrogens is 2. The normalized spacial score (nSPS) is 12.1. The Labute approximate surface area is 414 Å². The molecule has 0 radical (unpaired) electrons. The Kier molecular flexibility index (Phi) is 8.81. The predicted molar refractivity (Wildman–Crippen MR) is 303 cm³/mol. The van der Waals surface area contributed by atoms with Gasteiger partial charge in [-0.3, -0.25) is 0 Å². The van der Waals surface area contributed by atoms with Crippen LogP contribution in [-0.4, -0.2) is 9.13 Å². The molecule has 0 saturated carbocycles. The number of furan rings is 2. The van der Waals surface area contributed by atoms with Crippen LogP contribution in [0.15, 0.2) is 227 Å².